The van der Waals surface area contributed by atoms with Gasteiger partial charge in [-0.1, -0.05) is 18.2 Å². The van der Waals surface area contributed by atoms with Crippen LogP contribution in [0.3, 0.4) is 0 Å². The molecule has 3 aromatic heterocycles. The number of pyridine rings is 3. The monoisotopic (exact) mass is 417 g/mol. The van der Waals surface area contributed by atoms with Crippen LogP contribution in [0.1, 0.15) is 33.8 Å². The number of hydrogen-bond donors (Lipinski definition) is 1. The van der Waals surface area contributed by atoms with Gasteiger partial charge in [-0.15, -0.1) is 0 Å². The smallest absolute Gasteiger partial charge is 0.0625 e. The molecule has 3 rings (SSSR count). The Labute approximate surface area is 184 Å². The standard InChI is InChI=1S/C25H31N5O/c1-20-7-4-10-26-23(20)17-29(15-16-31)13-14-30(18-24-21(2)8-5-11-27-24)19-25-22(3)9-6-12-28-25/h4-14,31H,15-19H2,1-3H3/b14-13+. The summed E-state index contributed by atoms with van der Waals surface area (Å²) in [5.41, 5.74) is 6.55. The number of aromatic nitrogens is 3. The van der Waals surface area contributed by atoms with E-state index in [4.69, 9.17) is 0 Å². The van der Waals surface area contributed by atoms with Crippen LogP contribution in [0.4, 0.5) is 0 Å². The van der Waals surface area contributed by atoms with Crippen molar-refractivity contribution in [1.82, 2.24) is 24.8 Å². The molecule has 0 aliphatic carbocycles. The number of rotatable bonds is 10. The lowest BCUT2D eigenvalue weighted by Gasteiger charge is -2.24. The number of hydrogen-bond acceptors (Lipinski definition) is 6. The summed E-state index contributed by atoms with van der Waals surface area (Å²) in [6.07, 6.45) is 9.57. The van der Waals surface area contributed by atoms with Crippen LogP contribution >= 0.6 is 0 Å². The first-order valence-electron chi connectivity index (χ1n) is 10.6. The van der Waals surface area contributed by atoms with E-state index < -0.39 is 0 Å². The predicted octanol–water partition coefficient (Wildman–Crippen LogP) is 3.76. The van der Waals surface area contributed by atoms with E-state index in [0.717, 1.165) is 33.8 Å². The second-order valence-electron chi connectivity index (χ2n) is 7.70. The van der Waals surface area contributed by atoms with Crippen molar-refractivity contribution in [2.45, 2.75) is 40.4 Å². The van der Waals surface area contributed by atoms with E-state index in [1.807, 2.05) is 43.0 Å². The van der Waals surface area contributed by atoms with Gasteiger partial charge in [-0.25, -0.2) is 0 Å². The zero-order chi connectivity index (χ0) is 22.1. The lowest BCUT2D eigenvalue weighted by molar-refractivity contribution is 0.228. The molecule has 31 heavy (non-hydrogen) atoms. The quantitative estimate of drug-likeness (QED) is 0.542. The van der Waals surface area contributed by atoms with Crippen molar-refractivity contribution in [2.24, 2.45) is 0 Å². The molecule has 0 radical (unpaired) electrons. The molecule has 0 atom stereocenters. The first-order valence-corrected chi connectivity index (χ1v) is 10.6. The zero-order valence-corrected chi connectivity index (χ0v) is 18.6. The maximum atomic E-state index is 9.56. The molecular weight excluding hydrogens is 386 g/mol. The Morgan fingerprint density at radius 2 is 1.06 bits per heavy atom. The normalized spacial score (nSPS) is 11.1. The number of aliphatic hydroxyl groups is 1. The van der Waals surface area contributed by atoms with E-state index in [1.165, 1.54) is 0 Å². The van der Waals surface area contributed by atoms with Crippen LogP contribution in [-0.2, 0) is 19.6 Å². The summed E-state index contributed by atoms with van der Waals surface area (Å²) in [4.78, 5) is 17.9. The summed E-state index contributed by atoms with van der Waals surface area (Å²) < 4.78 is 0. The summed E-state index contributed by atoms with van der Waals surface area (Å²) in [6.45, 7) is 8.83. The Morgan fingerprint density at radius 1 is 0.677 bits per heavy atom. The Hall–Kier alpha value is -3.25. The summed E-state index contributed by atoms with van der Waals surface area (Å²) in [5, 5.41) is 9.56. The highest BCUT2D eigenvalue weighted by molar-refractivity contribution is 5.21. The minimum Gasteiger partial charge on any atom is -0.395 e. The van der Waals surface area contributed by atoms with E-state index in [1.54, 1.807) is 0 Å². The van der Waals surface area contributed by atoms with Gasteiger partial charge in [-0.3, -0.25) is 15.0 Å². The summed E-state index contributed by atoms with van der Waals surface area (Å²) in [5.74, 6) is 0. The van der Waals surface area contributed by atoms with Gasteiger partial charge in [0.2, 0.25) is 0 Å². The molecule has 1 N–H and O–H groups in total. The van der Waals surface area contributed by atoms with Gasteiger partial charge in [-0.05, 0) is 55.7 Å². The Morgan fingerprint density at radius 3 is 1.45 bits per heavy atom. The first kappa shape index (κ1) is 22.4. The first-order chi connectivity index (χ1) is 15.1. The summed E-state index contributed by atoms with van der Waals surface area (Å²) in [7, 11) is 0. The van der Waals surface area contributed by atoms with E-state index in [0.29, 0.717) is 26.2 Å². The van der Waals surface area contributed by atoms with Crippen LogP contribution in [0.25, 0.3) is 0 Å². The molecule has 6 nitrogen and oxygen atoms in total. The predicted molar refractivity (Wildman–Crippen MR) is 123 cm³/mol. The molecule has 0 aliphatic heterocycles. The Bertz CT molecular complexity index is 957. The Balaban J connectivity index is 1.82. The van der Waals surface area contributed by atoms with Crippen LogP contribution in [0.2, 0.25) is 0 Å². The largest absolute Gasteiger partial charge is 0.395 e. The maximum Gasteiger partial charge on any atom is 0.0625 e. The van der Waals surface area contributed by atoms with Gasteiger partial charge in [-0.2, -0.15) is 0 Å². The second kappa shape index (κ2) is 11.2. The minimum atomic E-state index is 0.0783. The van der Waals surface area contributed by atoms with Gasteiger partial charge in [0.05, 0.1) is 43.3 Å². The fourth-order valence-electron chi connectivity index (χ4n) is 3.31. The molecule has 3 heterocycles. The van der Waals surface area contributed by atoms with Crippen molar-refractivity contribution < 1.29 is 5.11 Å². The van der Waals surface area contributed by atoms with Gasteiger partial charge in [0.25, 0.3) is 0 Å². The van der Waals surface area contributed by atoms with Gasteiger partial charge < -0.3 is 14.9 Å². The molecule has 6 heteroatoms. The van der Waals surface area contributed by atoms with Crippen molar-refractivity contribution in [1.29, 1.82) is 0 Å². The SMILES string of the molecule is Cc1cccnc1CN(/C=C/N(Cc1ncccc1C)Cc1ncccc1C)CCO. The highest BCUT2D eigenvalue weighted by Crippen LogP contribution is 2.14. The molecule has 0 fully saturated rings. The van der Waals surface area contributed by atoms with Crippen LogP contribution in [0.5, 0.6) is 0 Å². The van der Waals surface area contributed by atoms with E-state index in [-0.39, 0.29) is 6.61 Å². The molecule has 0 aliphatic rings. The van der Waals surface area contributed by atoms with Crippen LogP contribution in [-0.4, -0.2) is 43.0 Å². The van der Waals surface area contributed by atoms with Crippen molar-refractivity contribution in [3.63, 3.8) is 0 Å². The van der Waals surface area contributed by atoms with Gasteiger partial charge in [0.1, 0.15) is 0 Å². The van der Waals surface area contributed by atoms with Gasteiger partial charge in [0.15, 0.2) is 0 Å². The molecule has 0 spiro atoms. The third-order valence-corrected chi connectivity index (χ3v) is 5.29. The number of aliphatic hydroxyl groups excluding tert-OH is 1. The molecule has 0 bridgehead atoms. The van der Waals surface area contributed by atoms with Crippen LogP contribution in [0, 0.1) is 20.8 Å². The maximum absolute atomic E-state index is 9.56. The molecule has 0 aromatic carbocycles. The van der Waals surface area contributed by atoms with Gasteiger partial charge >= 0.3 is 0 Å². The Kier molecular flexibility index (Phi) is 8.12. The topological polar surface area (TPSA) is 65.4 Å². The van der Waals surface area contributed by atoms with Gasteiger partial charge in [0, 0.05) is 37.5 Å². The fourth-order valence-corrected chi connectivity index (χ4v) is 3.31. The van der Waals surface area contributed by atoms with Crippen molar-refractivity contribution >= 4 is 0 Å². The van der Waals surface area contributed by atoms with Crippen molar-refractivity contribution in [3.05, 3.63) is 101 Å². The minimum absolute atomic E-state index is 0.0783. The van der Waals surface area contributed by atoms with E-state index in [9.17, 15) is 5.11 Å². The van der Waals surface area contributed by atoms with Crippen molar-refractivity contribution in [3.8, 4) is 0 Å². The molecule has 3 aromatic rings. The average molecular weight is 418 g/mol. The number of aryl methyl sites for hydroxylation is 3. The lowest BCUT2D eigenvalue weighted by Crippen LogP contribution is -2.24. The highest BCUT2D eigenvalue weighted by atomic mass is 16.3. The summed E-state index contributed by atoms with van der Waals surface area (Å²) >= 11 is 0. The second-order valence-corrected chi connectivity index (χ2v) is 7.70. The van der Waals surface area contributed by atoms with Crippen molar-refractivity contribution in [2.75, 3.05) is 13.2 Å². The average Bonchev–Trinajstić information content (AvgIpc) is 2.76. The summed E-state index contributed by atoms with van der Waals surface area (Å²) in [6, 6.07) is 12.1. The van der Waals surface area contributed by atoms with Crippen LogP contribution < -0.4 is 0 Å². The molecule has 0 saturated carbocycles. The molecular formula is C25H31N5O. The fraction of sp³-hybridized carbons (Fsp3) is 0.320. The molecule has 0 amide bonds. The van der Waals surface area contributed by atoms with E-state index >= 15 is 0 Å². The third kappa shape index (κ3) is 6.62. The third-order valence-electron chi connectivity index (χ3n) is 5.29. The van der Waals surface area contributed by atoms with Crippen LogP contribution in [0.15, 0.2) is 67.4 Å². The zero-order valence-electron chi connectivity index (χ0n) is 18.6. The highest BCUT2D eigenvalue weighted by Gasteiger charge is 2.10. The lowest BCUT2D eigenvalue weighted by atomic mass is 10.2. The molecule has 0 unspecified atom stereocenters. The molecule has 162 valence electrons. The molecule has 0 saturated heterocycles. The number of nitrogens with zero attached hydrogens (tertiary/aromatic N) is 5. The van der Waals surface area contributed by atoms with E-state index in [2.05, 4.69) is 69.9 Å².